The van der Waals surface area contributed by atoms with E-state index in [9.17, 15) is 13.6 Å². The fourth-order valence-corrected chi connectivity index (χ4v) is 2.38. The third kappa shape index (κ3) is 4.05. The molecule has 0 radical (unpaired) electrons. The molecule has 0 heterocycles. The molecular weight excluding hydrogens is 295 g/mol. The van der Waals surface area contributed by atoms with Gasteiger partial charge in [0, 0.05) is 17.3 Å². The van der Waals surface area contributed by atoms with Crippen molar-refractivity contribution in [2.24, 2.45) is 0 Å². The van der Waals surface area contributed by atoms with Crippen LogP contribution in [0.15, 0.2) is 18.2 Å². The molecule has 0 aliphatic heterocycles. The molecule has 106 valence electrons. The second-order valence-electron chi connectivity index (χ2n) is 4.34. The van der Waals surface area contributed by atoms with Gasteiger partial charge in [0.15, 0.2) is 11.6 Å². The molecule has 2 nitrogen and oxygen atoms in total. The molecule has 0 fully saturated rings. The SMILES string of the molecule is CCC(CCl)(CCl)NC(=O)Cc1cccc(F)c1F. The van der Waals surface area contributed by atoms with Gasteiger partial charge in [-0.25, -0.2) is 8.78 Å². The van der Waals surface area contributed by atoms with Gasteiger partial charge in [-0.3, -0.25) is 4.79 Å². The molecule has 1 aromatic carbocycles. The van der Waals surface area contributed by atoms with E-state index in [1.807, 2.05) is 6.92 Å². The fraction of sp³-hybridized carbons (Fsp3) is 0.462. The van der Waals surface area contributed by atoms with E-state index in [1.54, 1.807) is 0 Å². The number of amides is 1. The molecule has 6 heteroatoms. The Bertz CT molecular complexity index is 442. The van der Waals surface area contributed by atoms with Crippen molar-refractivity contribution in [2.75, 3.05) is 11.8 Å². The van der Waals surface area contributed by atoms with Gasteiger partial charge in [-0.2, -0.15) is 0 Å². The summed E-state index contributed by atoms with van der Waals surface area (Å²) in [5.41, 5.74) is -0.712. The number of hydrogen-bond donors (Lipinski definition) is 1. The molecule has 0 saturated heterocycles. The van der Waals surface area contributed by atoms with Crippen molar-refractivity contribution < 1.29 is 13.6 Å². The first-order valence-electron chi connectivity index (χ1n) is 5.84. The van der Waals surface area contributed by atoms with Crippen LogP contribution in [0.3, 0.4) is 0 Å². The Morgan fingerprint density at radius 1 is 1.32 bits per heavy atom. The molecule has 1 aromatic rings. The fourth-order valence-electron chi connectivity index (χ4n) is 1.58. The average Bonchev–Trinajstić information content (AvgIpc) is 2.41. The minimum Gasteiger partial charge on any atom is -0.348 e. The van der Waals surface area contributed by atoms with Crippen molar-refractivity contribution >= 4 is 29.1 Å². The van der Waals surface area contributed by atoms with E-state index in [1.165, 1.54) is 12.1 Å². The van der Waals surface area contributed by atoms with Gasteiger partial charge in [0.1, 0.15) is 0 Å². The molecule has 0 atom stereocenters. The maximum atomic E-state index is 13.4. The molecule has 1 N–H and O–H groups in total. The van der Waals surface area contributed by atoms with Crippen LogP contribution in [0.4, 0.5) is 8.78 Å². The zero-order valence-electron chi connectivity index (χ0n) is 10.5. The molecule has 0 aliphatic carbocycles. The lowest BCUT2D eigenvalue weighted by Gasteiger charge is -2.29. The van der Waals surface area contributed by atoms with Crippen molar-refractivity contribution in [3.63, 3.8) is 0 Å². The summed E-state index contributed by atoms with van der Waals surface area (Å²) in [7, 11) is 0. The highest BCUT2D eigenvalue weighted by Crippen LogP contribution is 2.16. The molecule has 0 bridgehead atoms. The lowest BCUT2D eigenvalue weighted by atomic mass is 10.0. The van der Waals surface area contributed by atoms with Crippen molar-refractivity contribution in [2.45, 2.75) is 25.3 Å². The van der Waals surface area contributed by atoms with E-state index in [4.69, 9.17) is 23.2 Å². The quantitative estimate of drug-likeness (QED) is 0.803. The van der Waals surface area contributed by atoms with Crippen molar-refractivity contribution in [1.29, 1.82) is 0 Å². The topological polar surface area (TPSA) is 29.1 Å². The summed E-state index contributed by atoms with van der Waals surface area (Å²) in [6.45, 7) is 1.84. The summed E-state index contributed by atoms with van der Waals surface area (Å²) < 4.78 is 26.5. The van der Waals surface area contributed by atoms with Crippen LogP contribution in [0.1, 0.15) is 18.9 Å². The lowest BCUT2D eigenvalue weighted by Crippen LogP contribution is -2.51. The predicted molar refractivity (Wildman–Crippen MR) is 72.7 cm³/mol. The van der Waals surface area contributed by atoms with Crippen LogP contribution >= 0.6 is 23.2 Å². The van der Waals surface area contributed by atoms with Crippen LogP contribution in [0.5, 0.6) is 0 Å². The van der Waals surface area contributed by atoms with Gasteiger partial charge in [0.05, 0.1) is 12.0 Å². The Hall–Kier alpha value is -0.870. The Balaban J connectivity index is 2.78. The van der Waals surface area contributed by atoms with Crippen LogP contribution in [0, 0.1) is 11.6 Å². The summed E-state index contributed by atoms with van der Waals surface area (Å²) in [5.74, 6) is -2.10. The molecule has 1 rings (SSSR count). The Kier molecular flexibility index (Phi) is 6.01. The third-order valence-corrected chi connectivity index (χ3v) is 4.00. The molecular formula is C13H15Cl2F2NO. The zero-order valence-corrected chi connectivity index (χ0v) is 12.0. The maximum Gasteiger partial charge on any atom is 0.225 e. The number of rotatable bonds is 6. The number of hydrogen-bond acceptors (Lipinski definition) is 1. The van der Waals surface area contributed by atoms with Crippen LogP contribution < -0.4 is 5.32 Å². The monoisotopic (exact) mass is 309 g/mol. The third-order valence-electron chi connectivity index (χ3n) is 2.98. The van der Waals surface area contributed by atoms with Gasteiger partial charge < -0.3 is 5.32 Å². The molecule has 0 aromatic heterocycles. The lowest BCUT2D eigenvalue weighted by molar-refractivity contribution is -0.122. The van der Waals surface area contributed by atoms with Gasteiger partial charge >= 0.3 is 0 Å². The number of nitrogens with one attached hydrogen (secondary N) is 1. The summed E-state index contributed by atoms with van der Waals surface area (Å²) in [6.07, 6.45) is 0.302. The first-order chi connectivity index (χ1) is 8.98. The van der Waals surface area contributed by atoms with Gasteiger partial charge in [-0.1, -0.05) is 19.1 Å². The first kappa shape index (κ1) is 16.2. The van der Waals surface area contributed by atoms with E-state index in [-0.39, 0.29) is 23.7 Å². The second kappa shape index (κ2) is 7.06. The van der Waals surface area contributed by atoms with Crippen LogP contribution in [-0.4, -0.2) is 23.2 Å². The van der Waals surface area contributed by atoms with E-state index >= 15 is 0 Å². The Labute approximate surface area is 121 Å². The van der Waals surface area contributed by atoms with Gasteiger partial charge in [-0.05, 0) is 12.5 Å². The minimum atomic E-state index is -1.00. The van der Waals surface area contributed by atoms with E-state index in [0.29, 0.717) is 6.42 Å². The highest BCUT2D eigenvalue weighted by atomic mass is 35.5. The van der Waals surface area contributed by atoms with Gasteiger partial charge in [0.25, 0.3) is 0 Å². The van der Waals surface area contributed by atoms with E-state index in [2.05, 4.69) is 5.32 Å². The number of carbonyl (C=O) groups excluding carboxylic acids is 1. The number of alkyl halides is 2. The minimum absolute atomic E-state index is 0.00616. The van der Waals surface area contributed by atoms with Gasteiger partial charge in [-0.15, -0.1) is 23.2 Å². The number of halogens is 4. The van der Waals surface area contributed by atoms with Crippen molar-refractivity contribution in [3.8, 4) is 0 Å². The molecule has 0 aliphatic rings. The van der Waals surface area contributed by atoms with Crippen LogP contribution in [-0.2, 0) is 11.2 Å². The standard InChI is InChI=1S/C13H15Cl2F2NO/c1-2-13(7-14,8-15)18-11(19)6-9-4-3-5-10(16)12(9)17/h3-5H,2,6-8H2,1H3,(H,18,19). The zero-order chi connectivity index (χ0) is 14.5. The first-order valence-corrected chi connectivity index (χ1v) is 6.90. The maximum absolute atomic E-state index is 13.4. The summed E-state index contributed by atoms with van der Waals surface area (Å²) >= 11 is 11.6. The van der Waals surface area contributed by atoms with Gasteiger partial charge in [0.2, 0.25) is 5.91 Å². The largest absolute Gasteiger partial charge is 0.348 e. The second-order valence-corrected chi connectivity index (χ2v) is 4.87. The Morgan fingerprint density at radius 3 is 2.47 bits per heavy atom. The van der Waals surface area contributed by atoms with E-state index in [0.717, 1.165) is 6.07 Å². The molecule has 0 unspecified atom stereocenters. The smallest absolute Gasteiger partial charge is 0.225 e. The Morgan fingerprint density at radius 2 is 1.95 bits per heavy atom. The molecule has 19 heavy (non-hydrogen) atoms. The average molecular weight is 310 g/mol. The molecule has 0 saturated carbocycles. The normalized spacial score (nSPS) is 11.4. The van der Waals surface area contributed by atoms with Crippen LogP contribution in [0.2, 0.25) is 0 Å². The van der Waals surface area contributed by atoms with E-state index < -0.39 is 23.1 Å². The van der Waals surface area contributed by atoms with Crippen molar-refractivity contribution in [1.82, 2.24) is 5.32 Å². The number of carbonyl (C=O) groups is 1. The summed E-state index contributed by atoms with van der Waals surface area (Å²) in [5, 5.41) is 2.68. The van der Waals surface area contributed by atoms with Crippen LogP contribution in [0.25, 0.3) is 0 Å². The highest BCUT2D eigenvalue weighted by Gasteiger charge is 2.28. The predicted octanol–water partition coefficient (Wildman–Crippen LogP) is 3.25. The number of benzene rings is 1. The summed E-state index contributed by atoms with van der Waals surface area (Å²) in [4.78, 5) is 11.9. The summed E-state index contributed by atoms with van der Waals surface area (Å²) in [6, 6.07) is 3.73. The molecule has 1 amide bonds. The molecule has 0 spiro atoms. The van der Waals surface area contributed by atoms with Crippen molar-refractivity contribution in [3.05, 3.63) is 35.4 Å². The highest BCUT2D eigenvalue weighted by molar-refractivity contribution is 6.22.